The largest absolute Gasteiger partial charge is 0.481 e. The van der Waals surface area contributed by atoms with Crippen molar-refractivity contribution in [2.75, 3.05) is 18.4 Å². The number of carbonyl (C=O) groups is 4. The summed E-state index contributed by atoms with van der Waals surface area (Å²) in [5.41, 5.74) is 1.99. The van der Waals surface area contributed by atoms with Crippen LogP contribution in [0.15, 0.2) is 48.5 Å². The summed E-state index contributed by atoms with van der Waals surface area (Å²) in [6, 6.07) is 12.8. The highest BCUT2D eigenvalue weighted by atomic mass is 16.4. The quantitative estimate of drug-likeness (QED) is 0.502. The fourth-order valence-corrected chi connectivity index (χ4v) is 2.94. The number of carboxylic acid groups (broad SMARTS) is 1. The minimum Gasteiger partial charge on any atom is -0.481 e. The smallest absolute Gasteiger partial charge is 0.319 e. The van der Waals surface area contributed by atoms with Gasteiger partial charge < -0.3 is 15.7 Å². The maximum Gasteiger partial charge on any atom is 0.319 e. The van der Waals surface area contributed by atoms with Crippen LogP contribution in [-0.2, 0) is 11.2 Å². The molecule has 8 nitrogen and oxygen atoms in total. The number of carboxylic acids is 1. The van der Waals surface area contributed by atoms with Gasteiger partial charge in [-0.15, -0.1) is 0 Å². The predicted octanol–water partition coefficient (Wildman–Crippen LogP) is 2.12. The monoisotopic (exact) mass is 381 g/mol. The van der Waals surface area contributed by atoms with Crippen LogP contribution in [0.4, 0.5) is 10.5 Å². The van der Waals surface area contributed by atoms with Gasteiger partial charge in [0.1, 0.15) is 0 Å². The minimum absolute atomic E-state index is 0.0791. The fraction of sp³-hybridized carbons (Fsp3) is 0.200. The molecule has 144 valence electrons. The zero-order chi connectivity index (χ0) is 20.1. The van der Waals surface area contributed by atoms with Crippen LogP contribution in [0.2, 0.25) is 0 Å². The normalized spacial score (nSPS) is 12.6. The maximum absolute atomic E-state index is 12.2. The van der Waals surface area contributed by atoms with Gasteiger partial charge in [-0.05, 0) is 36.2 Å². The van der Waals surface area contributed by atoms with E-state index in [0.29, 0.717) is 28.8 Å². The SMILES string of the molecule is O=C(O)Cc1ccc(NC(=O)NCCCN2C(=O)c3ccccc3C2=O)cc1. The number of rotatable bonds is 7. The van der Waals surface area contributed by atoms with Crippen LogP contribution in [0.1, 0.15) is 32.7 Å². The molecular weight excluding hydrogens is 362 g/mol. The third-order valence-electron chi connectivity index (χ3n) is 4.29. The number of aliphatic carboxylic acids is 1. The van der Waals surface area contributed by atoms with E-state index >= 15 is 0 Å². The van der Waals surface area contributed by atoms with Crippen LogP contribution < -0.4 is 10.6 Å². The zero-order valence-electron chi connectivity index (χ0n) is 15.0. The van der Waals surface area contributed by atoms with Crippen LogP contribution in [0.3, 0.4) is 0 Å². The van der Waals surface area contributed by atoms with Crippen LogP contribution in [0, 0.1) is 0 Å². The van der Waals surface area contributed by atoms with Gasteiger partial charge in [0.15, 0.2) is 0 Å². The average molecular weight is 381 g/mol. The van der Waals surface area contributed by atoms with Crippen LogP contribution >= 0.6 is 0 Å². The fourth-order valence-electron chi connectivity index (χ4n) is 2.94. The highest BCUT2D eigenvalue weighted by Gasteiger charge is 2.34. The van der Waals surface area contributed by atoms with Gasteiger partial charge in [-0.2, -0.15) is 0 Å². The molecule has 1 aliphatic heterocycles. The molecule has 3 rings (SSSR count). The molecule has 0 spiro atoms. The zero-order valence-corrected chi connectivity index (χ0v) is 15.0. The molecule has 0 bridgehead atoms. The molecule has 0 atom stereocenters. The molecule has 1 heterocycles. The number of carbonyl (C=O) groups excluding carboxylic acids is 3. The Balaban J connectivity index is 1.42. The number of imide groups is 1. The van der Waals surface area contributed by atoms with E-state index in [4.69, 9.17) is 5.11 Å². The van der Waals surface area contributed by atoms with E-state index < -0.39 is 12.0 Å². The van der Waals surface area contributed by atoms with E-state index in [2.05, 4.69) is 10.6 Å². The first kappa shape index (κ1) is 19.1. The molecule has 0 unspecified atom stereocenters. The number of urea groups is 1. The second-order valence-electron chi connectivity index (χ2n) is 6.31. The summed E-state index contributed by atoms with van der Waals surface area (Å²) in [7, 11) is 0. The third kappa shape index (κ3) is 4.35. The number of nitrogens with one attached hydrogen (secondary N) is 2. The van der Waals surface area contributed by atoms with Crippen LogP contribution in [0.5, 0.6) is 0 Å². The summed E-state index contributed by atoms with van der Waals surface area (Å²) in [5.74, 6) is -1.55. The van der Waals surface area contributed by atoms with E-state index in [1.807, 2.05) is 0 Å². The molecule has 0 saturated heterocycles. The molecule has 2 aromatic carbocycles. The average Bonchev–Trinajstić information content (AvgIpc) is 2.91. The topological polar surface area (TPSA) is 116 Å². The molecule has 3 N–H and O–H groups in total. The Morgan fingerprint density at radius 1 is 0.929 bits per heavy atom. The van der Waals surface area contributed by atoms with Crippen molar-refractivity contribution in [2.24, 2.45) is 0 Å². The lowest BCUT2D eigenvalue weighted by molar-refractivity contribution is -0.136. The summed E-state index contributed by atoms with van der Waals surface area (Å²) in [6.07, 6.45) is 0.348. The van der Waals surface area contributed by atoms with Crippen LogP contribution in [-0.4, -0.2) is 46.9 Å². The Morgan fingerprint density at radius 2 is 1.54 bits per heavy atom. The molecule has 0 radical (unpaired) electrons. The molecule has 28 heavy (non-hydrogen) atoms. The Labute approximate surface area is 161 Å². The van der Waals surface area contributed by atoms with Crippen molar-refractivity contribution in [3.63, 3.8) is 0 Å². The van der Waals surface area contributed by atoms with Crippen molar-refractivity contribution in [1.29, 1.82) is 0 Å². The van der Waals surface area contributed by atoms with E-state index in [0.717, 1.165) is 0 Å². The Hall–Kier alpha value is -3.68. The first-order valence-corrected chi connectivity index (χ1v) is 8.76. The molecule has 8 heteroatoms. The van der Waals surface area contributed by atoms with E-state index in [1.165, 1.54) is 4.90 Å². The maximum atomic E-state index is 12.2. The molecule has 0 aromatic heterocycles. The van der Waals surface area contributed by atoms with Gasteiger partial charge >= 0.3 is 12.0 Å². The molecular formula is C20H19N3O5. The van der Waals surface area contributed by atoms with Crippen molar-refractivity contribution in [3.8, 4) is 0 Å². The number of amides is 4. The van der Waals surface area contributed by atoms with E-state index in [1.54, 1.807) is 48.5 Å². The summed E-state index contributed by atoms with van der Waals surface area (Å²) < 4.78 is 0. The van der Waals surface area contributed by atoms with Crippen molar-refractivity contribution in [3.05, 3.63) is 65.2 Å². The second kappa shape index (κ2) is 8.34. The van der Waals surface area contributed by atoms with Crippen molar-refractivity contribution in [1.82, 2.24) is 10.2 Å². The van der Waals surface area contributed by atoms with E-state index in [9.17, 15) is 19.2 Å². The van der Waals surface area contributed by atoms with Crippen LogP contribution in [0.25, 0.3) is 0 Å². The Bertz CT molecular complexity index is 889. The molecule has 0 saturated carbocycles. The summed E-state index contributed by atoms with van der Waals surface area (Å²) in [6.45, 7) is 0.507. The van der Waals surface area contributed by atoms with Crippen molar-refractivity contribution in [2.45, 2.75) is 12.8 Å². The number of hydrogen-bond donors (Lipinski definition) is 3. The first-order valence-electron chi connectivity index (χ1n) is 8.76. The Kier molecular flexibility index (Phi) is 5.69. The second-order valence-corrected chi connectivity index (χ2v) is 6.31. The molecule has 2 aromatic rings. The molecule has 0 fully saturated rings. The first-order chi connectivity index (χ1) is 13.5. The highest BCUT2D eigenvalue weighted by molar-refractivity contribution is 6.21. The number of nitrogens with zero attached hydrogens (tertiary/aromatic N) is 1. The Morgan fingerprint density at radius 3 is 2.11 bits per heavy atom. The lowest BCUT2D eigenvalue weighted by Crippen LogP contribution is -2.35. The van der Waals surface area contributed by atoms with Gasteiger partial charge in [0.25, 0.3) is 11.8 Å². The van der Waals surface area contributed by atoms with Gasteiger partial charge in [-0.1, -0.05) is 24.3 Å². The number of hydrogen-bond acceptors (Lipinski definition) is 4. The molecule has 1 aliphatic rings. The van der Waals surface area contributed by atoms with E-state index in [-0.39, 0.29) is 31.3 Å². The number of anilines is 1. The standard InChI is InChI=1S/C20H19N3O5/c24-17(25)12-13-6-8-14(9-7-13)22-20(28)21-10-3-11-23-18(26)15-4-1-2-5-16(15)19(23)27/h1-2,4-9H,3,10-12H2,(H,24,25)(H2,21,22,28). The lowest BCUT2D eigenvalue weighted by atomic mass is 10.1. The molecule has 0 aliphatic carbocycles. The van der Waals surface area contributed by atoms with Gasteiger partial charge in [0.05, 0.1) is 17.5 Å². The highest BCUT2D eigenvalue weighted by Crippen LogP contribution is 2.22. The predicted molar refractivity (Wildman–Crippen MR) is 101 cm³/mol. The third-order valence-corrected chi connectivity index (χ3v) is 4.29. The van der Waals surface area contributed by atoms with Gasteiger partial charge in [0, 0.05) is 18.8 Å². The molecule has 4 amide bonds. The number of fused-ring (bicyclic) bond motifs is 1. The van der Waals surface area contributed by atoms with Crippen molar-refractivity contribution < 1.29 is 24.3 Å². The van der Waals surface area contributed by atoms with Gasteiger partial charge in [-0.3, -0.25) is 19.3 Å². The van der Waals surface area contributed by atoms with Gasteiger partial charge in [-0.25, -0.2) is 4.79 Å². The summed E-state index contributed by atoms with van der Waals surface area (Å²) >= 11 is 0. The summed E-state index contributed by atoms with van der Waals surface area (Å²) in [4.78, 5) is 48.2. The van der Waals surface area contributed by atoms with Crippen molar-refractivity contribution >= 4 is 29.5 Å². The lowest BCUT2D eigenvalue weighted by Gasteiger charge is -2.14. The summed E-state index contributed by atoms with van der Waals surface area (Å²) in [5, 5.41) is 14.0. The van der Waals surface area contributed by atoms with Gasteiger partial charge in [0.2, 0.25) is 0 Å². The number of benzene rings is 2. The minimum atomic E-state index is -0.920.